The van der Waals surface area contributed by atoms with Gasteiger partial charge in [0.1, 0.15) is 11.5 Å². The second-order valence-corrected chi connectivity index (χ2v) is 4.96. The van der Waals surface area contributed by atoms with Crippen molar-refractivity contribution in [1.82, 2.24) is 15.0 Å². The zero-order valence-corrected chi connectivity index (χ0v) is 11.8. The summed E-state index contributed by atoms with van der Waals surface area (Å²) in [7, 11) is 0. The predicted molar refractivity (Wildman–Crippen MR) is 80.6 cm³/mol. The van der Waals surface area contributed by atoms with Gasteiger partial charge in [-0.15, -0.1) is 5.10 Å². The maximum atomic E-state index is 13.0. The zero-order chi connectivity index (χ0) is 15.0. The summed E-state index contributed by atoms with van der Waals surface area (Å²) >= 11 is 0. The van der Waals surface area contributed by atoms with Gasteiger partial charge < -0.3 is 5.73 Å². The number of nitrogen functional groups attached to an aromatic ring is 1. The Balaban J connectivity index is 2.11. The lowest BCUT2D eigenvalue weighted by molar-refractivity contribution is 0.628. The number of hydrogen-bond donors (Lipinski definition) is 1. The quantitative estimate of drug-likeness (QED) is 0.784. The molecule has 2 aromatic carbocycles. The Morgan fingerprint density at radius 1 is 1.05 bits per heavy atom. The van der Waals surface area contributed by atoms with Crippen LogP contribution in [0.2, 0.25) is 0 Å². The van der Waals surface area contributed by atoms with E-state index in [1.54, 1.807) is 16.8 Å². The molecule has 21 heavy (non-hydrogen) atoms. The molecule has 0 amide bonds. The summed E-state index contributed by atoms with van der Waals surface area (Å²) in [4.78, 5) is 0. The Kier molecular flexibility index (Phi) is 3.17. The molecule has 0 spiro atoms. The molecule has 0 saturated heterocycles. The lowest BCUT2D eigenvalue weighted by Crippen LogP contribution is -2.05. The highest BCUT2D eigenvalue weighted by atomic mass is 19.1. The molecule has 106 valence electrons. The molecule has 0 radical (unpaired) electrons. The van der Waals surface area contributed by atoms with Gasteiger partial charge in [0.2, 0.25) is 0 Å². The third-order valence-corrected chi connectivity index (χ3v) is 3.63. The molecule has 0 saturated carbocycles. The third kappa shape index (κ3) is 2.27. The number of hydrogen-bond acceptors (Lipinski definition) is 3. The summed E-state index contributed by atoms with van der Waals surface area (Å²) in [5.74, 6) is 0.148. The van der Waals surface area contributed by atoms with Gasteiger partial charge >= 0.3 is 0 Å². The average molecular weight is 282 g/mol. The van der Waals surface area contributed by atoms with Crippen molar-refractivity contribution in [2.45, 2.75) is 13.8 Å². The van der Waals surface area contributed by atoms with Gasteiger partial charge in [0.05, 0.1) is 5.69 Å². The number of aromatic nitrogens is 3. The lowest BCUT2D eigenvalue weighted by atomic mass is 10.1. The highest BCUT2D eigenvalue weighted by Crippen LogP contribution is 2.27. The Morgan fingerprint density at radius 3 is 2.48 bits per heavy atom. The normalized spacial score (nSPS) is 10.8. The van der Waals surface area contributed by atoms with Crippen molar-refractivity contribution in [3.63, 3.8) is 0 Å². The summed E-state index contributed by atoms with van der Waals surface area (Å²) in [5, 5.41) is 8.26. The van der Waals surface area contributed by atoms with Gasteiger partial charge in [0, 0.05) is 5.56 Å². The van der Waals surface area contributed by atoms with E-state index in [4.69, 9.17) is 5.73 Å². The van der Waals surface area contributed by atoms with Crippen molar-refractivity contribution >= 4 is 5.82 Å². The largest absolute Gasteiger partial charge is 0.382 e. The minimum absolute atomic E-state index is 0.292. The Hall–Kier alpha value is -2.69. The first-order valence-electron chi connectivity index (χ1n) is 6.61. The molecule has 4 nitrogen and oxygen atoms in total. The van der Waals surface area contributed by atoms with Crippen LogP contribution >= 0.6 is 0 Å². The van der Waals surface area contributed by atoms with Crippen molar-refractivity contribution in [1.29, 1.82) is 0 Å². The van der Waals surface area contributed by atoms with E-state index in [0.717, 1.165) is 22.4 Å². The van der Waals surface area contributed by atoms with Gasteiger partial charge in [0.25, 0.3) is 0 Å². The second kappa shape index (κ2) is 5.01. The van der Waals surface area contributed by atoms with Gasteiger partial charge in [-0.2, -0.15) is 4.68 Å². The summed E-state index contributed by atoms with van der Waals surface area (Å²) < 4.78 is 14.6. The highest BCUT2D eigenvalue weighted by molar-refractivity contribution is 5.71. The molecule has 0 atom stereocenters. The molecular weight excluding hydrogens is 267 g/mol. The smallest absolute Gasteiger partial charge is 0.155 e. The first-order chi connectivity index (χ1) is 10.1. The van der Waals surface area contributed by atoms with Crippen LogP contribution in [0.1, 0.15) is 11.1 Å². The van der Waals surface area contributed by atoms with Gasteiger partial charge in [-0.3, -0.25) is 0 Å². The number of rotatable bonds is 2. The molecule has 0 bridgehead atoms. The van der Waals surface area contributed by atoms with Crippen LogP contribution in [0, 0.1) is 19.7 Å². The molecule has 0 aliphatic carbocycles. The first-order valence-corrected chi connectivity index (χ1v) is 6.61. The molecule has 5 heteroatoms. The molecule has 0 unspecified atom stereocenters. The first kappa shape index (κ1) is 13.3. The summed E-state index contributed by atoms with van der Waals surface area (Å²) in [5.41, 5.74) is 10.6. The zero-order valence-electron chi connectivity index (χ0n) is 11.8. The molecule has 0 fully saturated rings. The molecule has 1 heterocycles. The van der Waals surface area contributed by atoms with Crippen molar-refractivity contribution in [2.24, 2.45) is 0 Å². The van der Waals surface area contributed by atoms with Gasteiger partial charge in [-0.05, 0) is 55.3 Å². The molecule has 2 N–H and O–H groups in total. The molecular formula is C16H15FN4. The van der Waals surface area contributed by atoms with E-state index in [-0.39, 0.29) is 5.82 Å². The van der Waals surface area contributed by atoms with Crippen molar-refractivity contribution in [3.8, 4) is 16.9 Å². The Labute approximate surface area is 122 Å². The van der Waals surface area contributed by atoms with Crippen LogP contribution in [0.5, 0.6) is 0 Å². The maximum Gasteiger partial charge on any atom is 0.155 e. The molecule has 3 aromatic rings. The van der Waals surface area contributed by atoms with Crippen molar-refractivity contribution in [3.05, 3.63) is 59.4 Å². The third-order valence-electron chi connectivity index (χ3n) is 3.63. The van der Waals surface area contributed by atoms with Crippen LogP contribution in [-0.2, 0) is 0 Å². The summed E-state index contributed by atoms with van der Waals surface area (Å²) in [6.45, 7) is 4.05. The molecule has 1 aromatic heterocycles. The number of halogens is 1. The Morgan fingerprint density at radius 2 is 1.76 bits per heavy atom. The van der Waals surface area contributed by atoms with Gasteiger partial charge in [-0.1, -0.05) is 17.3 Å². The highest BCUT2D eigenvalue weighted by Gasteiger charge is 2.14. The average Bonchev–Trinajstić information content (AvgIpc) is 2.85. The fourth-order valence-electron chi connectivity index (χ4n) is 2.25. The standard InChI is InChI=1S/C16H15FN4/c1-10-4-3-5-14(11(10)2)21-16(18)15(19-20-21)12-6-8-13(17)9-7-12/h3-9H,18H2,1-2H3. The van der Waals surface area contributed by atoms with E-state index in [1.165, 1.54) is 12.1 Å². The minimum atomic E-state index is -0.292. The van der Waals surface area contributed by atoms with E-state index in [1.807, 2.05) is 32.0 Å². The fourth-order valence-corrected chi connectivity index (χ4v) is 2.25. The van der Waals surface area contributed by atoms with Crippen LogP contribution in [-0.4, -0.2) is 15.0 Å². The monoisotopic (exact) mass is 282 g/mol. The SMILES string of the molecule is Cc1cccc(-n2nnc(-c3ccc(F)cc3)c2N)c1C. The topological polar surface area (TPSA) is 56.7 Å². The van der Waals surface area contributed by atoms with E-state index in [9.17, 15) is 4.39 Å². The fraction of sp³-hybridized carbons (Fsp3) is 0.125. The maximum absolute atomic E-state index is 13.0. The Bertz CT molecular complexity index is 791. The lowest BCUT2D eigenvalue weighted by Gasteiger charge is -2.09. The van der Waals surface area contributed by atoms with Gasteiger partial charge in [0.15, 0.2) is 5.82 Å². The second-order valence-electron chi connectivity index (χ2n) is 4.96. The van der Waals surface area contributed by atoms with Crippen LogP contribution < -0.4 is 5.73 Å². The van der Waals surface area contributed by atoms with Crippen LogP contribution in [0.15, 0.2) is 42.5 Å². The van der Waals surface area contributed by atoms with E-state index in [2.05, 4.69) is 10.3 Å². The number of nitrogens with zero attached hydrogens (tertiary/aromatic N) is 3. The summed E-state index contributed by atoms with van der Waals surface area (Å²) in [6, 6.07) is 12.0. The number of nitrogens with two attached hydrogens (primary N) is 1. The van der Waals surface area contributed by atoms with E-state index >= 15 is 0 Å². The van der Waals surface area contributed by atoms with Gasteiger partial charge in [-0.25, -0.2) is 4.39 Å². The number of benzene rings is 2. The summed E-state index contributed by atoms with van der Waals surface area (Å²) in [6.07, 6.45) is 0. The number of aryl methyl sites for hydroxylation is 1. The van der Waals surface area contributed by atoms with Crippen molar-refractivity contribution in [2.75, 3.05) is 5.73 Å². The minimum Gasteiger partial charge on any atom is -0.382 e. The van der Waals surface area contributed by atoms with Crippen molar-refractivity contribution < 1.29 is 4.39 Å². The molecule has 0 aliphatic rings. The molecule has 3 rings (SSSR count). The van der Waals surface area contributed by atoms with E-state index in [0.29, 0.717) is 11.5 Å². The molecule has 0 aliphatic heterocycles. The van der Waals surface area contributed by atoms with E-state index < -0.39 is 0 Å². The van der Waals surface area contributed by atoms with Crippen LogP contribution in [0.4, 0.5) is 10.2 Å². The van der Waals surface area contributed by atoms with Crippen LogP contribution in [0.3, 0.4) is 0 Å². The predicted octanol–water partition coefficient (Wildman–Crippen LogP) is 3.27. The number of anilines is 1. The van der Waals surface area contributed by atoms with Crippen LogP contribution in [0.25, 0.3) is 16.9 Å².